The molecular weight excluding hydrogens is 248 g/mol. The van der Waals surface area contributed by atoms with E-state index in [-0.39, 0.29) is 10.6 Å². The molecule has 1 saturated heterocycles. The van der Waals surface area contributed by atoms with Gasteiger partial charge in [0.05, 0.1) is 5.48 Å². The second-order valence-corrected chi connectivity index (χ2v) is 4.34. The largest absolute Gasteiger partial charge is 0.415 e. The van der Waals surface area contributed by atoms with E-state index in [0.29, 0.717) is 5.39 Å². The average Bonchev–Trinajstić information content (AvgIpc) is 2.93. The summed E-state index contributed by atoms with van der Waals surface area (Å²) in [7, 11) is 0. The van der Waals surface area contributed by atoms with Crippen LogP contribution in [0.25, 0.3) is 10.1 Å². The number of benzene rings is 1. The van der Waals surface area contributed by atoms with Gasteiger partial charge in [-0.25, -0.2) is 4.79 Å². The Balaban J connectivity index is 2.04. The molecule has 0 radical (unpaired) electrons. The van der Waals surface area contributed by atoms with Crippen molar-refractivity contribution < 1.29 is 20.5 Å². The Morgan fingerprint density at radius 3 is 3.06 bits per heavy atom. The van der Waals surface area contributed by atoms with Gasteiger partial charge in [0.1, 0.15) is 5.75 Å². The Labute approximate surface area is 120 Å². The van der Waals surface area contributed by atoms with Gasteiger partial charge in [0.15, 0.2) is 0 Å². The first-order valence-corrected chi connectivity index (χ1v) is 5.97. The third-order valence-corrected chi connectivity index (χ3v) is 3.18. The Hall–Kier alpha value is -1.59. The van der Waals surface area contributed by atoms with Crippen molar-refractivity contribution in [3.8, 4) is 5.75 Å². The van der Waals surface area contributed by atoms with Crippen molar-refractivity contribution in [1.82, 2.24) is 10.2 Å². The third kappa shape index (κ3) is 2.19. The molecule has 1 aliphatic rings. The van der Waals surface area contributed by atoms with Crippen LogP contribution in [0.5, 0.6) is 5.75 Å². The van der Waals surface area contributed by atoms with E-state index in [1.54, 1.807) is 28.9 Å². The number of nitrogens with one attached hydrogen (secondary N) is 1. The summed E-state index contributed by atoms with van der Waals surface area (Å²) >= 11 is 1.38. The molecule has 1 fully saturated rings. The van der Waals surface area contributed by atoms with Crippen LogP contribution in [0, 0.1) is 0 Å². The molecule has 3 rings (SSSR count). The van der Waals surface area contributed by atoms with Crippen LogP contribution in [0.1, 0.15) is 11.0 Å². The molecule has 18 heavy (non-hydrogen) atoms. The number of hydrogen-bond acceptors (Lipinski definition) is 4. The van der Waals surface area contributed by atoms with Gasteiger partial charge in [0.2, 0.25) is 0 Å². The molecule has 1 aromatic carbocycles. The van der Waals surface area contributed by atoms with Crippen LogP contribution < -0.4 is 10.1 Å². The van der Waals surface area contributed by atoms with Crippen LogP contribution >= 0.6 is 11.3 Å². The molecule has 1 aromatic heterocycles. The van der Waals surface area contributed by atoms with E-state index in [1.165, 1.54) is 17.4 Å². The summed E-state index contributed by atoms with van der Waals surface area (Å²) in [4.78, 5) is 12.4. The maximum Gasteiger partial charge on any atom is 0.415 e. The predicted octanol–water partition coefficient (Wildman–Crippen LogP) is 2.31. The van der Waals surface area contributed by atoms with Crippen LogP contribution in [0.2, 0.25) is 0 Å². The topological polar surface area (TPSA) is 41.6 Å². The molecule has 1 N–H and O–H groups in total. The predicted molar refractivity (Wildman–Crippen MR) is 72.3 cm³/mol. The van der Waals surface area contributed by atoms with Gasteiger partial charge in [-0.2, -0.15) is 0 Å². The van der Waals surface area contributed by atoms with Crippen LogP contribution in [0.3, 0.4) is 0 Å². The fourth-order valence-corrected chi connectivity index (χ4v) is 2.32. The number of amides is 1. The first-order chi connectivity index (χ1) is 11.8. The fraction of sp³-hybridized carbons (Fsp3) is 0.308. The Morgan fingerprint density at radius 1 is 1.39 bits per heavy atom. The quantitative estimate of drug-likeness (QED) is 0.864. The number of ether oxygens (including phenoxy) is 1. The molecule has 0 saturated carbocycles. The molecule has 5 heteroatoms. The number of carbonyl (C=O) groups is 1. The van der Waals surface area contributed by atoms with E-state index in [1.807, 2.05) is 0 Å². The highest BCUT2D eigenvalue weighted by Gasteiger charge is 2.18. The molecule has 2 heterocycles. The van der Waals surface area contributed by atoms with E-state index < -0.39 is 32.1 Å². The second kappa shape index (κ2) is 4.96. The molecule has 4 nitrogen and oxygen atoms in total. The lowest BCUT2D eigenvalue weighted by atomic mass is 10.2. The number of rotatable bonds is 1. The Bertz CT molecular complexity index is 843. The molecule has 2 aromatic rings. The number of fused-ring (bicyclic) bond motifs is 1. The molecule has 0 spiro atoms. The number of hydrogen-bond donors (Lipinski definition) is 1. The maximum absolute atomic E-state index is 12.6. The van der Waals surface area contributed by atoms with Gasteiger partial charge < -0.3 is 15.0 Å². The van der Waals surface area contributed by atoms with Gasteiger partial charge in [0.25, 0.3) is 0 Å². The highest BCUT2D eigenvalue weighted by atomic mass is 32.1. The zero-order valence-electron chi connectivity index (χ0n) is 17.1. The van der Waals surface area contributed by atoms with Crippen LogP contribution in [0.4, 0.5) is 4.79 Å². The summed E-state index contributed by atoms with van der Waals surface area (Å²) in [5, 5.41) is 3.96. The summed E-state index contributed by atoms with van der Waals surface area (Å²) in [6, 6.07) is 6.48. The molecule has 1 aliphatic heterocycles. The van der Waals surface area contributed by atoms with Crippen LogP contribution in [-0.4, -0.2) is 37.0 Å². The summed E-state index contributed by atoms with van der Waals surface area (Å²) in [6.45, 7) is -12.6. The van der Waals surface area contributed by atoms with Gasteiger partial charge in [0, 0.05) is 41.6 Å². The van der Waals surface area contributed by atoms with Gasteiger partial charge in [-0.3, -0.25) is 0 Å². The van der Waals surface area contributed by atoms with E-state index >= 15 is 0 Å². The molecule has 0 unspecified atom stereocenters. The van der Waals surface area contributed by atoms with Gasteiger partial charge >= 0.3 is 6.09 Å². The minimum absolute atomic E-state index is 0.0417. The number of piperazine rings is 1. The lowest BCUT2D eigenvalue weighted by molar-refractivity contribution is 0.146. The molecule has 94 valence electrons. The fourth-order valence-electron chi connectivity index (χ4n) is 1.51. The summed E-state index contributed by atoms with van der Waals surface area (Å²) in [6.07, 6.45) is -1.53. The lowest BCUT2D eigenvalue weighted by Crippen LogP contribution is -2.47. The number of nitrogens with zero attached hydrogens (tertiary/aromatic N) is 1. The van der Waals surface area contributed by atoms with E-state index in [2.05, 4.69) is 0 Å². The van der Waals surface area contributed by atoms with Crippen molar-refractivity contribution in [2.45, 2.75) is 0 Å². The smallest absolute Gasteiger partial charge is 0.410 e. The molecule has 0 atom stereocenters. The summed E-state index contributed by atoms with van der Waals surface area (Å²) < 4.78 is 68.3. The van der Waals surface area contributed by atoms with Gasteiger partial charge in [-0.1, -0.05) is 6.07 Å². The van der Waals surface area contributed by atoms with Gasteiger partial charge in [-0.05, 0) is 23.6 Å². The highest BCUT2D eigenvalue weighted by molar-refractivity contribution is 7.17. The van der Waals surface area contributed by atoms with E-state index in [0.717, 1.165) is 4.70 Å². The third-order valence-electron chi connectivity index (χ3n) is 2.30. The Morgan fingerprint density at radius 2 is 2.22 bits per heavy atom. The zero-order chi connectivity index (χ0) is 19.5. The summed E-state index contributed by atoms with van der Waals surface area (Å²) in [5.74, 6) is 0.0417. The van der Waals surface area contributed by atoms with Crippen molar-refractivity contribution in [2.75, 3.05) is 26.0 Å². The van der Waals surface area contributed by atoms with Gasteiger partial charge in [-0.15, -0.1) is 11.3 Å². The van der Waals surface area contributed by atoms with Crippen LogP contribution in [0.15, 0.2) is 29.6 Å². The standard InChI is InChI=1S/C13H14N2O2S/c16-13(15-7-5-14-6-8-15)17-11-2-1-3-12-10(11)4-9-18-12/h1-4,9,14H,5-8H2/i5D2,6D2,7D2,8D2. The number of carbonyl (C=O) groups excluding carboxylic acids is 1. The highest BCUT2D eigenvalue weighted by Crippen LogP contribution is 2.29. The first-order valence-electron chi connectivity index (χ1n) is 9.09. The lowest BCUT2D eigenvalue weighted by Gasteiger charge is -2.26. The molecular formula is C13H14N2O2S. The zero-order valence-corrected chi connectivity index (χ0v) is 9.88. The van der Waals surface area contributed by atoms with Crippen molar-refractivity contribution in [2.24, 2.45) is 0 Å². The minimum atomic E-state index is -3.22. The molecule has 1 amide bonds. The molecule has 0 aliphatic carbocycles. The summed E-state index contributed by atoms with van der Waals surface area (Å²) in [5.41, 5.74) is 0. The van der Waals surface area contributed by atoms with Crippen molar-refractivity contribution in [3.63, 3.8) is 0 Å². The van der Waals surface area contributed by atoms with Crippen LogP contribution in [-0.2, 0) is 0 Å². The monoisotopic (exact) mass is 270 g/mol. The normalized spacial score (nSPS) is 33.7. The van der Waals surface area contributed by atoms with E-state index in [4.69, 9.17) is 15.7 Å². The second-order valence-electron chi connectivity index (χ2n) is 3.39. The van der Waals surface area contributed by atoms with E-state index in [9.17, 15) is 4.79 Å². The minimum Gasteiger partial charge on any atom is -0.410 e. The first kappa shape index (κ1) is 5.59. The van der Waals surface area contributed by atoms with Crippen molar-refractivity contribution >= 4 is 27.5 Å². The van der Waals surface area contributed by atoms with Crippen molar-refractivity contribution in [1.29, 1.82) is 0 Å². The molecule has 0 bridgehead atoms. The average molecular weight is 270 g/mol. The SMILES string of the molecule is [2H]C1([2H])NC([2H])([2H])C([2H])([2H])N(C(=O)Oc2cccc3sccc23)C1([2H])[2H]. The Kier molecular flexibility index (Phi) is 1.54. The maximum atomic E-state index is 12.6. The van der Waals surface area contributed by atoms with Crippen molar-refractivity contribution in [3.05, 3.63) is 29.6 Å². The number of thiophene rings is 1.